The van der Waals surface area contributed by atoms with Gasteiger partial charge in [0.15, 0.2) is 0 Å². The summed E-state index contributed by atoms with van der Waals surface area (Å²) in [6.45, 7) is 4.58. The quantitative estimate of drug-likeness (QED) is 0.0489. The molecular formula is C64H61N. The Balaban J connectivity index is 1.15. The maximum absolute atomic E-state index is 5.87. The van der Waals surface area contributed by atoms with E-state index in [4.69, 9.17) is 6.42 Å². The minimum atomic E-state index is 0.883. The Morgan fingerprint density at radius 2 is 0.815 bits per heavy atom. The van der Waals surface area contributed by atoms with Crippen LogP contribution < -0.4 is 0 Å². The highest BCUT2D eigenvalue weighted by Gasteiger charge is 2.22. The van der Waals surface area contributed by atoms with Crippen molar-refractivity contribution >= 4 is 64.9 Å². The first-order valence-electron chi connectivity index (χ1n) is 24.7. The molecule has 322 valence electrons. The van der Waals surface area contributed by atoms with Gasteiger partial charge in [-0.25, -0.2) is 0 Å². The largest absolute Gasteiger partial charge is 0.309 e. The summed E-state index contributed by atoms with van der Waals surface area (Å²) in [5.41, 5.74) is 12.3. The Bertz CT molecular complexity index is 3120. The SMILES string of the molecule is C#Cc1ccc(-n2c3ccc4cc(-c5ccc(CCCCCCCC)cc5)c5ccccc5c4c3c3c4c(ccc32)cc(-c2ccc(CCCCCCCC)cc2)c2ccccc24)cc1. The van der Waals surface area contributed by atoms with E-state index in [0.717, 1.165) is 24.1 Å². The van der Waals surface area contributed by atoms with Gasteiger partial charge in [-0.1, -0.05) is 193 Å². The monoisotopic (exact) mass is 843 g/mol. The fourth-order valence-corrected chi connectivity index (χ4v) is 10.8. The van der Waals surface area contributed by atoms with Gasteiger partial charge in [0.25, 0.3) is 0 Å². The van der Waals surface area contributed by atoms with Crippen LogP contribution in [0.4, 0.5) is 0 Å². The third-order valence-electron chi connectivity index (χ3n) is 14.2. The van der Waals surface area contributed by atoms with Crippen molar-refractivity contribution in [1.29, 1.82) is 0 Å². The fraction of sp³-hybridized carbons (Fsp3) is 0.250. The van der Waals surface area contributed by atoms with Crippen molar-refractivity contribution in [3.05, 3.63) is 174 Å². The molecule has 0 N–H and O–H groups in total. The molecule has 0 atom stereocenters. The number of nitrogens with zero attached hydrogens (tertiary/aromatic N) is 1. The van der Waals surface area contributed by atoms with Crippen LogP contribution in [-0.4, -0.2) is 4.57 Å². The number of benzene rings is 9. The summed E-state index contributed by atoms with van der Waals surface area (Å²) >= 11 is 0. The Labute approximate surface area is 386 Å². The molecule has 0 amide bonds. The van der Waals surface area contributed by atoms with E-state index in [-0.39, 0.29) is 0 Å². The summed E-state index contributed by atoms with van der Waals surface area (Å²) in [6.07, 6.45) is 24.0. The van der Waals surface area contributed by atoms with Gasteiger partial charge in [0.05, 0.1) is 11.0 Å². The number of aromatic nitrogens is 1. The molecule has 0 spiro atoms. The van der Waals surface area contributed by atoms with Crippen molar-refractivity contribution in [1.82, 2.24) is 4.57 Å². The van der Waals surface area contributed by atoms with E-state index >= 15 is 0 Å². The summed E-state index contributed by atoms with van der Waals surface area (Å²) in [6, 6.07) is 59.8. The van der Waals surface area contributed by atoms with Crippen molar-refractivity contribution in [3.8, 4) is 40.3 Å². The first-order valence-corrected chi connectivity index (χ1v) is 24.7. The molecule has 0 unspecified atom stereocenters. The second-order valence-electron chi connectivity index (χ2n) is 18.5. The van der Waals surface area contributed by atoms with Gasteiger partial charge in [-0.05, 0) is 151 Å². The molecule has 0 radical (unpaired) electrons. The molecule has 0 aliphatic carbocycles. The second-order valence-corrected chi connectivity index (χ2v) is 18.5. The Morgan fingerprint density at radius 1 is 0.400 bits per heavy atom. The topological polar surface area (TPSA) is 4.93 Å². The molecule has 9 aromatic carbocycles. The Hall–Kier alpha value is -6.62. The summed E-state index contributed by atoms with van der Waals surface area (Å²) in [5.74, 6) is 2.83. The average Bonchev–Trinajstić information content (AvgIpc) is 3.70. The van der Waals surface area contributed by atoms with Crippen LogP contribution in [0.3, 0.4) is 0 Å². The molecule has 10 rings (SSSR count). The maximum atomic E-state index is 5.87. The third-order valence-corrected chi connectivity index (χ3v) is 14.2. The average molecular weight is 844 g/mol. The molecular weight excluding hydrogens is 783 g/mol. The van der Waals surface area contributed by atoms with Crippen LogP contribution in [0.15, 0.2) is 158 Å². The predicted molar refractivity (Wildman–Crippen MR) is 284 cm³/mol. The zero-order chi connectivity index (χ0) is 44.1. The molecule has 1 aromatic heterocycles. The van der Waals surface area contributed by atoms with E-state index in [2.05, 4.69) is 182 Å². The van der Waals surface area contributed by atoms with E-state index in [0.29, 0.717) is 0 Å². The van der Waals surface area contributed by atoms with Gasteiger partial charge in [-0.15, -0.1) is 6.42 Å². The molecule has 65 heavy (non-hydrogen) atoms. The molecule has 0 aliphatic heterocycles. The Kier molecular flexibility index (Phi) is 12.5. The third kappa shape index (κ3) is 8.33. The van der Waals surface area contributed by atoms with E-state index in [1.54, 1.807) is 0 Å². The lowest BCUT2D eigenvalue weighted by molar-refractivity contribution is 0.607. The highest BCUT2D eigenvalue weighted by Crippen LogP contribution is 2.47. The highest BCUT2D eigenvalue weighted by molar-refractivity contribution is 6.37. The summed E-state index contributed by atoms with van der Waals surface area (Å²) in [4.78, 5) is 0. The molecule has 0 saturated carbocycles. The zero-order valence-electron chi connectivity index (χ0n) is 38.4. The normalized spacial score (nSPS) is 11.8. The number of unbranched alkanes of at least 4 members (excludes halogenated alkanes) is 10. The van der Waals surface area contributed by atoms with Crippen molar-refractivity contribution in [2.45, 2.75) is 104 Å². The standard InChI is InChI=1S/C64H61N/c1-4-7-9-11-13-15-21-46-27-33-48(34-28-46)57-43-50-37-41-59-63(61(50)55-25-19-17-23-53(55)57)64-60(65(59)52-39-31-45(6-3)32-40-52)42-38-51-44-58(54-24-18-20-26-56(54)62(51)64)49-35-29-47(30-36-49)22-16-14-12-10-8-5-2/h3,17-20,23-44H,4-5,7-16,21-22H2,1-2H3. The van der Waals surface area contributed by atoms with Gasteiger partial charge in [0.1, 0.15) is 0 Å². The van der Waals surface area contributed by atoms with Gasteiger partial charge in [-0.3, -0.25) is 0 Å². The lowest BCUT2D eigenvalue weighted by Gasteiger charge is -2.15. The molecule has 1 heterocycles. The van der Waals surface area contributed by atoms with Crippen LogP contribution in [0.5, 0.6) is 0 Å². The number of hydrogen-bond donors (Lipinski definition) is 0. The summed E-state index contributed by atoms with van der Waals surface area (Å²) in [5, 5.41) is 12.8. The number of hydrogen-bond acceptors (Lipinski definition) is 0. The minimum Gasteiger partial charge on any atom is -0.309 e. The number of aryl methyl sites for hydroxylation is 2. The second kappa shape index (κ2) is 19.2. The van der Waals surface area contributed by atoms with Crippen LogP contribution >= 0.6 is 0 Å². The predicted octanol–water partition coefficient (Wildman–Crippen LogP) is 18.5. The maximum Gasteiger partial charge on any atom is 0.0548 e. The van der Waals surface area contributed by atoms with Crippen LogP contribution in [0.2, 0.25) is 0 Å². The first kappa shape index (κ1) is 42.3. The van der Waals surface area contributed by atoms with E-state index < -0.39 is 0 Å². The number of fused-ring (bicyclic) bond motifs is 11. The van der Waals surface area contributed by atoms with Crippen molar-refractivity contribution in [2.75, 3.05) is 0 Å². The van der Waals surface area contributed by atoms with E-state index in [9.17, 15) is 0 Å². The van der Waals surface area contributed by atoms with Gasteiger partial charge < -0.3 is 4.57 Å². The molecule has 0 bridgehead atoms. The van der Waals surface area contributed by atoms with Gasteiger partial charge in [-0.2, -0.15) is 0 Å². The fourth-order valence-electron chi connectivity index (χ4n) is 10.8. The number of rotatable bonds is 17. The molecule has 10 aromatic rings. The molecule has 0 fully saturated rings. The summed E-state index contributed by atoms with van der Waals surface area (Å²) in [7, 11) is 0. The van der Waals surface area contributed by atoms with E-state index in [1.807, 2.05) is 0 Å². The lowest BCUT2D eigenvalue weighted by Crippen LogP contribution is -1.94. The van der Waals surface area contributed by atoms with Crippen molar-refractivity contribution < 1.29 is 0 Å². The minimum absolute atomic E-state index is 0.883. The lowest BCUT2D eigenvalue weighted by atomic mass is 9.88. The van der Waals surface area contributed by atoms with Gasteiger partial charge in [0, 0.05) is 22.0 Å². The zero-order valence-corrected chi connectivity index (χ0v) is 38.4. The Morgan fingerprint density at radius 3 is 1.25 bits per heavy atom. The van der Waals surface area contributed by atoms with Crippen LogP contribution in [0.25, 0.3) is 92.8 Å². The van der Waals surface area contributed by atoms with Gasteiger partial charge >= 0.3 is 0 Å². The van der Waals surface area contributed by atoms with Crippen LogP contribution in [0.1, 0.15) is 108 Å². The van der Waals surface area contributed by atoms with E-state index in [1.165, 1.54) is 175 Å². The molecule has 1 nitrogen and oxygen atoms in total. The highest BCUT2D eigenvalue weighted by atomic mass is 15.0. The van der Waals surface area contributed by atoms with Gasteiger partial charge in [0.2, 0.25) is 0 Å². The number of terminal acetylenes is 1. The molecule has 0 aliphatic rings. The van der Waals surface area contributed by atoms with Crippen LogP contribution in [-0.2, 0) is 12.8 Å². The smallest absolute Gasteiger partial charge is 0.0548 e. The van der Waals surface area contributed by atoms with Crippen molar-refractivity contribution in [3.63, 3.8) is 0 Å². The van der Waals surface area contributed by atoms with Crippen LogP contribution in [0, 0.1) is 12.3 Å². The summed E-state index contributed by atoms with van der Waals surface area (Å²) < 4.78 is 2.46. The molecule has 1 heteroatoms. The first-order chi connectivity index (χ1) is 32.1. The van der Waals surface area contributed by atoms with Crippen molar-refractivity contribution in [2.24, 2.45) is 0 Å². The molecule has 0 saturated heterocycles.